The zero-order chi connectivity index (χ0) is 23.7. The number of fused-ring (bicyclic) bond motifs is 1. The van der Waals surface area contributed by atoms with Crippen molar-refractivity contribution in [2.45, 2.75) is 31.7 Å². The molecule has 8 nitrogen and oxygen atoms in total. The average Bonchev–Trinajstić information content (AvgIpc) is 3.45. The van der Waals surface area contributed by atoms with Crippen molar-refractivity contribution in [1.82, 2.24) is 24.8 Å². The van der Waals surface area contributed by atoms with Gasteiger partial charge >= 0.3 is 0 Å². The van der Waals surface area contributed by atoms with Crippen LogP contribution in [0.15, 0.2) is 69.0 Å². The number of ether oxygens (including phenoxy) is 1. The van der Waals surface area contributed by atoms with Gasteiger partial charge in [0.2, 0.25) is 11.0 Å². The normalized spacial score (nSPS) is 11.3. The molecule has 0 aliphatic heterocycles. The molecule has 34 heavy (non-hydrogen) atoms. The summed E-state index contributed by atoms with van der Waals surface area (Å²) in [4.78, 5) is 17.1. The van der Waals surface area contributed by atoms with E-state index < -0.39 is 0 Å². The highest BCUT2D eigenvalue weighted by molar-refractivity contribution is 7.98. The summed E-state index contributed by atoms with van der Waals surface area (Å²) in [5.74, 6) is 2.65. The number of aryl methyl sites for hydroxylation is 2. The fourth-order valence-electron chi connectivity index (χ4n) is 3.53. The van der Waals surface area contributed by atoms with Gasteiger partial charge < -0.3 is 9.15 Å². The largest absolute Gasteiger partial charge is 0.494 e. The summed E-state index contributed by atoms with van der Waals surface area (Å²) < 4.78 is 13.0. The number of H-pyrrole nitrogens is 1. The first-order valence-corrected chi connectivity index (χ1v) is 11.9. The van der Waals surface area contributed by atoms with Crippen molar-refractivity contribution in [2.75, 3.05) is 6.61 Å². The van der Waals surface area contributed by atoms with Crippen LogP contribution in [0.5, 0.6) is 5.75 Å². The second-order valence-corrected chi connectivity index (χ2v) is 8.74. The third-order valence-electron chi connectivity index (χ3n) is 5.37. The molecule has 5 rings (SSSR count). The number of thioether (sulfide) groups is 1. The molecular formula is C25H23N5O3S. The standard InChI is InChI=1S/C25H23N5O3S/c1-4-32-19-11-9-17(10-12-19)20-13-22-23(31)27-28-25(30(22)29-20)34-14-21-16(3)33-24(26-21)18-7-5-15(2)6-8-18/h5-13H,4,14H2,1-3H3,(H,27,31). The molecule has 3 heterocycles. The third kappa shape index (κ3) is 4.34. The second kappa shape index (κ2) is 9.18. The Morgan fingerprint density at radius 1 is 1.06 bits per heavy atom. The maximum Gasteiger partial charge on any atom is 0.290 e. The summed E-state index contributed by atoms with van der Waals surface area (Å²) in [5, 5.41) is 12.0. The van der Waals surface area contributed by atoms with E-state index in [0.717, 1.165) is 28.3 Å². The molecule has 0 aliphatic rings. The van der Waals surface area contributed by atoms with Crippen LogP contribution in [0.2, 0.25) is 0 Å². The van der Waals surface area contributed by atoms with Crippen molar-refractivity contribution in [1.29, 1.82) is 0 Å². The van der Waals surface area contributed by atoms with Crippen molar-refractivity contribution in [3.05, 3.63) is 82.0 Å². The van der Waals surface area contributed by atoms with Crippen LogP contribution in [0.3, 0.4) is 0 Å². The molecule has 0 fully saturated rings. The van der Waals surface area contributed by atoms with Gasteiger partial charge in [-0.2, -0.15) is 5.10 Å². The van der Waals surface area contributed by atoms with Crippen LogP contribution in [0.25, 0.3) is 28.2 Å². The summed E-state index contributed by atoms with van der Waals surface area (Å²) in [6, 6.07) is 17.4. The maximum atomic E-state index is 12.4. The molecule has 0 aliphatic carbocycles. The van der Waals surface area contributed by atoms with Gasteiger partial charge in [0, 0.05) is 16.9 Å². The van der Waals surface area contributed by atoms with Gasteiger partial charge in [-0.25, -0.2) is 14.6 Å². The van der Waals surface area contributed by atoms with Gasteiger partial charge in [0.1, 0.15) is 17.0 Å². The molecule has 1 N–H and O–H groups in total. The Balaban J connectivity index is 1.41. The Hall–Kier alpha value is -3.85. The number of rotatable bonds is 7. The Morgan fingerprint density at radius 2 is 1.79 bits per heavy atom. The van der Waals surface area contributed by atoms with Gasteiger partial charge in [0.15, 0.2) is 0 Å². The van der Waals surface area contributed by atoms with Crippen LogP contribution in [-0.2, 0) is 5.75 Å². The Bertz CT molecular complexity index is 1500. The fraction of sp³-hybridized carbons (Fsp3) is 0.200. The molecule has 0 amide bonds. The number of aromatic amines is 1. The first-order valence-electron chi connectivity index (χ1n) is 10.9. The smallest absolute Gasteiger partial charge is 0.290 e. The van der Waals surface area contributed by atoms with Crippen LogP contribution in [-0.4, -0.2) is 31.4 Å². The van der Waals surface area contributed by atoms with E-state index in [0.29, 0.717) is 34.6 Å². The zero-order valence-electron chi connectivity index (χ0n) is 19.0. The summed E-state index contributed by atoms with van der Waals surface area (Å²) in [6.45, 7) is 6.49. The molecule has 0 bridgehead atoms. The first-order chi connectivity index (χ1) is 16.5. The highest BCUT2D eigenvalue weighted by Gasteiger charge is 2.16. The molecule has 0 radical (unpaired) electrons. The fourth-order valence-corrected chi connectivity index (χ4v) is 4.43. The van der Waals surface area contributed by atoms with Crippen molar-refractivity contribution in [2.24, 2.45) is 0 Å². The molecule has 0 atom stereocenters. The molecule has 0 saturated heterocycles. The van der Waals surface area contributed by atoms with Crippen LogP contribution in [0.1, 0.15) is 23.9 Å². The molecule has 0 saturated carbocycles. The second-order valence-electron chi connectivity index (χ2n) is 7.80. The molecule has 0 unspecified atom stereocenters. The number of nitrogens with zero attached hydrogens (tertiary/aromatic N) is 4. The van der Waals surface area contributed by atoms with E-state index in [-0.39, 0.29) is 5.56 Å². The zero-order valence-corrected chi connectivity index (χ0v) is 19.8. The molecule has 9 heteroatoms. The van der Waals surface area contributed by atoms with E-state index in [1.165, 1.54) is 17.3 Å². The lowest BCUT2D eigenvalue weighted by Crippen LogP contribution is -2.13. The van der Waals surface area contributed by atoms with Gasteiger partial charge in [0.05, 0.1) is 18.0 Å². The number of nitrogens with one attached hydrogen (secondary N) is 1. The average molecular weight is 474 g/mol. The maximum absolute atomic E-state index is 12.4. The predicted octanol–water partition coefficient (Wildman–Crippen LogP) is 5.05. The van der Waals surface area contributed by atoms with Gasteiger partial charge in [-0.3, -0.25) is 4.79 Å². The Morgan fingerprint density at radius 3 is 2.53 bits per heavy atom. The van der Waals surface area contributed by atoms with Crippen LogP contribution in [0.4, 0.5) is 0 Å². The third-order valence-corrected chi connectivity index (χ3v) is 6.31. The first kappa shape index (κ1) is 22.0. The lowest BCUT2D eigenvalue weighted by molar-refractivity contribution is 0.340. The minimum absolute atomic E-state index is 0.298. The molecule has 172 valence electrons. The SMILES string of the molecule is CCOc1ccc(-c2cc3c(=O)[nH]nc(SCc4nc(-c5ccc(C)cc5)oc4C)n3n2)cc1. The Labute approximate surface area is 200 Å². The number of hydrogen-bond acceptors (Lipinski definition) is 7. The van der Waals surface area contributed by atoms with E-state index in [4.69, 9.17) is 9.15 Å². The number of oxazole rings is 1. The van der Waals surface area contributed by atoms with E-state index in [9.17, 15) is 4.79 Å². The minimum atomic E-state index is -0.298. The number of hydrogen-bond donors (Lipinski definition) is 1. The summed E-state index contributed by atoms with van der Waals surface area (Å²) in [5.41, 5.74) is 4.63. The van der Waals surface area contributed by atoms with Crippen LogP contribution < -0.4 is 10.3 Å². The van der Waals surface area contributed by atoms with E-state index >= 15 is 0 Å². The highest BCUT2D eigenvalue weighted by atomic mass is 32.2. The van der Waals surface area contributed by atoms with E-state index in [1.54, 1.807) is 10.6 Å². The summed E-state index contributed by atoms with van der Waals surface area (Å²) >= 11 is 1.43. The van der Waals surface area contributed by atoms with Gasteiger partial charge in [-0.1, -0.05) is 29.5 Å². The van der Waals surface area contributed by atoms with Crippen molar-refractivity contribution < 1.29 is 9.15 Å². The molecule has 2 aromatic carbocycles. The topological polar surface area (TPSA) is 98.3 Å². The van der Waals surface area contributed by atoms with Gasteiger partial charge in [0.25, 0.3) is 5.56 Å². The van der Waals surface area contributed by atoms with E-state index in [2.05, 4.69) is 20.3 Å². The van der Waals surface area contributed by atoms with Gasteiger partial charge in [-0.15, -0.1) is 5.10 Å². The number of aromatic nitrogens is 5. The quantitative estimate of drug-likeness (QED) is 0.330. The summed E-state index contributed by atoms with van der Waals surface area (Å²) in [7, 11) is 0. The monoisotopic (exact) mass is 473 g/mol. The van der Waals surface area contributed by atoms with Crippen LogP contribution >= 0.6 is 11.8 Å². The van der Waals surface area contributed by atoms with Crippen molar-refractivity contribution >= 4 is 17.3 Å². The minimum Gasteiger partial charge on any atom is -0.494 e. The van der Waals surface area contributed by atoms with Crippen molar-refractivity contribution in [3.8, 4) is 28.5 Å². The molecular weight excluding hydrogens is 450 g/mol. The Kier molecular flexibility index (Phi) is 5.93. The molecule has 5 aromatic rings. The lowest BCUT2D eigenvalue weighted by atomic mass is 10.1. The molecule has 0 spiro atoms. The number of benzene rings is 2. The van der Waals surface area contributed by atoms with Crippen molar-refractivity contribution in [3.63, 3.8) is 0 Å². The predicted molar refractivity (Wildman–Crippen MR) is 131 cm³/mol. The van der Waals surface area contributed by atoms with E-state index in [1.807, 2.05) is 69.3 Å². The summed E-state index contributed by atoms with van der Waals surface area (Å²) in [6.07, 6.45) is 0. The molecule has 3 aromatic heterocycles. The van der Waals surface area contributed by atoms with Crippen LogP contribution in [0, 0.1) is 13.8 Å². The van der Waals surface area contributed by atoms with Gasteiger partial charge in [-0.05, 0) is 63.2 Å². The highest BCUT2D eigenvalue weighted by Crippen LogP contribution is 2.28. The lowest BCUT2D eigenvalue weighted by Gasteiger charge is -2.03.